The van der Waals surface area contributed by atoms with Crippen LogP contribution in [0.1, 0.15) is 37.5 Å². The van der Waals surface area contributed by atoms with Crippen LogP contribution in [0, 0.1) is 5.92 Å². The average molecular weight is 306 g/mol. The van der Waals surface area contributed by atoms with Crippen LogP contribution in [0.5, 0.6) is 0 Å². The summed E-state index contributed by atoms with van der Waals surface area (Å²) in [6, 6.07) is 0.0266. The molecule has 0 aromatic carbocycles. The molecule has 1 amide bonds. The average Bonchev–Trinajstić information content (AvgIpc) is 3.18. The minimum atomic E-state index is 0.0266. The van der Waals surface area contributed by atoms with Gasteiger partial charge in [-0.05, 0) is 38.9 Å². The number of aromatic amines is 1. The molecule has 6 heteroatoms. The first kappa shape index (κ1) is 15.5. The van der Waals surface area contributed by atoms with Gasteiger partial charge in [-0.2, -0.15) is 0 Å². The molecule has 0 saturated carbocycles. The van der Waals surface area contributed by atoms with E-state index in [2.05, 4.69) is 21.9 Å². The first-order valence-electron chi connectivity index (χ1n) is 8.17. The molecule has 0 aliphatic carbocycles. The fraction of sp³-hybridized carbons (Fsp3) is 0.750. The minimum absolute atomic E-state index is 0.0266. The second kappa shape index (κ2) is 6.79. The molecular formula is C16H26N4O2. The van der Waals surface area contributed by atoms with Gasteiger partial charge in [-0.25, -0.2) is 4.98 Å². The molecule has 122 valence electrons. The molecule has 2 aliphatic rings. The minimum Gasteiger partial charge on any atom is -0.380 e. The zero-order chi connectivity index (χ0) is 15.5. The lowest BCUT2D eigenvalue weighted by Gasteiger charge is -2.30. The van der Waals surface area contributed by atoms with E-state index in [1.54, 1.807) is 13.3 Å². The maximum Gasteiger partial charge on any atom is 0.223 e. The van der Waals surface area contributed by atoms with Crippen LogP contribution in [0.3, 0.4) is 0 Å². The summed E-state index contributed by atoms with van der Waals surface area (Å²) in [7, 11) is 3.86. The van der Waals surface area contributed by atoms with Crippen molar-refractivity contribution in [1.29, 1.82) is 0 Å². The Morgan fingerprint density at radius 1 is 1.45 bits per heavy atom. The van der Waals surface area contributed by atoms with Crippen LogP contribution in [0.25, 0.3) is 0 Å². The Kier molecular flexibility index (Phi) is 4.78. The number of likely N-dealkylation sites (tertiary alicyclic amines) is 2. The number of methoxy groups -OCH3 is 1. The van der Waals surface area contributed by atoms with Gasteiger partial charge in [0, 0.05) is 38.9 Å². The van der Waals surface area contributed by atoms with Crippen molar-refractivity contribution in [2.75, 3.05) is 33.8 Å². The summed E-state index contributed by atoms with van der Waals surface area (Å²) in [6.45, 7) is 2.87. The number of rotatable bonds is 4. The summed E-state index contributed by atoms with van der Waals surface area (Å²) in [5.74, 6) is 1.63. The number of carbonyl (C=O) groups is 1. The highest BCUT2D eigenvalue weighted by atomic mass is 16.5. The summed E-state index contributed by atoms with van der Waals surface area (Å²) in [6.07, 6.45) is 7.38. The second-order valence-corrected chi connectivity index (χ2v) is 6.58. The first-order valence-corrected chi connectivity index (χ1v) is 8.17. The Hall–Kier alpha value is -1.40. The van der Waals surface area contributed by atoms with E-state index >= 15 is 0 Å². The fourth-order valence-corrected chi connectivity index (χ4v) is 3.59. The van der Waals surface area contributed by atoms with Gasteiger partial charge in [-0.1, -0.05) is 0 Å². The summed E-state index contributed by atoms with van der Waals surface area (Å²) < 4.78 is 5.48. The van der Waals surface area contributed by atoms with E-state index in [1.165, 1.54) is 0 Å². The monoisotopic (exact) mass is 306 g/mol. The molecule has 22 heavy (non-hydrogen) atoms. The van der Waals surface area contributed by atoms with Gasteiger partial charge < -0.3 is 19.5 Å². The Bertz CT molecular complexity index is 482. The van der Waals surface area contributed by atoms with Crippen molar-refractivity contribution in [3.05, 3.63) is 18.2 Å². The third-order valence-corrected chi connectivity index (χ3v) is 5.05. The van der Waals surface area contributed by atoms with E-state index in [0.717, 1.165) is 38.2 Å². The Morgan fingerprint density at radius 3 is 2.86 bits per heavy atom. The lowest BCUT2D eigenvalue weighted by atomic mass is 9.93. The predicted octanol–water partition coefficient (Wildman–Crippen LogP) is 1.43. The van der Waals surface area contributed by atoms with Crippen molar-refractivity contribution in [1.82, 2.24) is 19.8 Å². The molecule has 2 fully saturated rings. The highest BCUT2D eigenvalue weighted by Crippen LogP contribution is 2.33. The van der Waals surface area contributed by atoms with E-state index in [1.807, 2.05) is 11.1 Å². The zero-order valence-electron chi connectivity index (χ0n) is 13.5. The summed E-state index contributed by atoms with van der Waals surface area (Å²) in [4.78, 5) is 24.6. The molecule has 0 bridgehead atoms. The number of hydrogen-bond donors (Lipinski definition) is 1. The molecule has 0 spiro atoms. The number of carbonyl (C=O) groups excluding carboxylic acids is 1. The van der Waals surface area contributed by atoms with E-state index in [4.69, 9.17) is 4.74 Å². The Balaban J connectivity index is 1.64. The Morgan fingerprint density at radius 2 is 2.23 bits per heavy atom. The molecule has 6 nitrogen and oxygen atoms in total. The molecule has 3 rings (SSSR count). The number of aromatic nitrogens is 2. The van der Waals surface area contributed by atoms with Crippen molar-refractivity contribution >= 4 is 5.91 Å². The van der Waals surface area contributed by atoms with Crippen LogP contribution in [0.4, 0.5) is 0 Å². The van der Waals surface area contributed by atoms with Gasteiger partial charge in [0.1, 0.15) is 5.82 Å². The molecule has 2 saturated heterocycles. The zero-order valence-corrected chi connectivity index (χ0v) is 13.5. The van der Waals surface area contributed by atoms with E-state index in [0.29, 0.717) is 18.9 Å². The lowest BCUT2D eigenvalue weighted by Crippen LogP contribution is -2.36. The lowest BCUT2D eigenvalue weighted by molar-refractivity contribution is -0.134. The fourth-order valence-electron chi connectivity index (χ4n) is 3.59. The molecule has 3 heterocycles. The molecule has 1 unspecified atom stereocenters. The number of piperidine rings is 1. The number of imidazole rings is 1. The highest BCUT2D eigenvalue weighted by Gasteiger charge is 2.38. The van der Waals surface area contributed by atoms with Crippen LogP contribution in [-0.2, 0) is 9.53 Å². The van der Waals surface area contributed by atoms with Crippen molar-refractivity contribution in [3.63, 3.8) is 0 Å². The van der Waals surface area contributed by atoms with Crippen LogP contribution >= 0.6 is 0 Å². The van der Waals surface area contributed by atoms with E-state index in [9.17, 15) is 4.79 Å². The molecule has 0 radical (unpaired) electrons. The molecule has 1 N–H and O–H groups in total. The van der Waals surface area contributed by atoms with Crippen molar-refractivity contribution in [2.45, 2.75) is 37.8 Å². The summed E-state index contributed by atoms with van der Waals surface area (Å²) in [5, 5.41) is 0. The first-order chi connectivity index (χ1) is 10.7. The molecule has 2 aliphatic heterocycles. The molecule has 1 aromatic rings. The Labute approximate surface area is 131 Å². The number of H-pyrrole nitrogens is 1. The van der Waals surface area contributed by atoms with Gasteiger partial charge >= 0.3 is 0 Å². The number of nitrogens with zero attached hydrogens (tertiary/aromatic N) is 3. The normalized spacial score (nSPS) is 27.5. The largest absolute Gasteiger partial charge is 0.380 e. The highest BCUT2D eigenvalue weighted by molar-refractivity contribution is 5.77. The maximum atomic E-state index is 12.8. The van der Waals surface area contributed by atoms with Gasteiger partial charge in [-0.3, -0.25) is 4.79 Å². The van der Waals surface area contributed by atoms with Crippen LogP contribution < -0.4 is 0 Å². The predicted molar refractivity (Wildman–Crippen MR) is 83.3 cm³/mol. The number of nitrogens with one attached hydrogen (secondary N) is 1. The van der Waals surface area contributed by atoms with Gasteiger partial charge in [-0.15, -0.1) is 0 Å². The third-order valence-electron chi connectivity index (χ3n) is 5.05. The van der Waals surface area contributed by atoms with Gasteiger partial charge in [0.25, 0.3) is 0 Å². The quantitative estimate of drug-likeness (QED) is 0.914. The number of amides is 1. The van der Waals surface area contributed by atoms with Crippen molar-refractivity contribution < 1.29 is 9.53 Å². The topological polar surface area (TPSA) is 61.5 Å². The van der Waals surface area contributed by atoms with Crippen molar-refractivity contribution in [2.24, 2.45) is 5.92 Å². The second-order valence-electron chi connectivity index (χ2n) is 6.58. The standard InChI is InChI=1S/C16H26N4O2/c1-19-7-3-12(4-8-19)9-15(21)20-11-13(22-2)10-14(20)16-17-5-6-18-16/h5-6,12-14H,3-4,7-11H2,1-2H3,(H,17,18)/t13-,14?/m1/s1. The van der Waals surface area contributed by atoms with E-state index < -0.39 is 0 Å². The van der Waals surface area contributed by atoms with Crippen LogP contribution in [0.15, 0.2) is 12.4 Å². The molecule has 2 atom stereocenters. The van der Waals surface area contributed by atoms with Crippen LogP contribution in [0.2, 0.25) is 0 Å². The van der Waals surface area contributed by atoms with Gasteiger partial charge in [0.15, 0.2) is 0 Å². The maximum absolute atomic E-state index is 12.8. The van der Waals surface area contributed by atoms with Gasteiger partial charge in [0.05, 0.1) is 12.1 Å². The van der Waals surface area contributed by atoms with E-state index in [-0.39, 0.29) is 18.1 Å². The third kappa shape index (κ3) is 3.33. The number of hydrogen-bond acceptors (Lipinski definition) is 4. The van der Waals surface area contributed by atoms with Crippen LogP contribution in [-0.4, -0.2) is 65.6 Å². The van der Waals surface area contributed by atoms with Gasteiger partial charge in [0.2, 0.25) is 5.91 Å². The van der Waals surface area contributed by atoms with Crippen molar-refractivity contribution in [3.8, 4) is 0 Å². The summed E-state index contributed by atoms with van der Waals surface area (Å²) in [5.41, 5.74) is 0. The number of ether oxygens (including phenoxy) is 1. The SMILES string of the molecule is CO[C@@H]1CC(c2ncc[nH]2)N(C(=O)CC2CCN(C)CC2)C1. The molecular weight excluding hydrogens is 280 g/mol. The smallest absolute Gasteiger partial charge is 0.223 e. The molecule has 1 aromatic heterocycles. The summed E-state index contributed by atoms with van der Waals surface area (Å²) >= 11 is 0.